The Morgan fingerprint density at radius 3 is 2.73 bits per heavy atom. The van der Waals surface area contributed by atoms with Gasteiger partial charge in [-0.2, -0.15) is 0 Å². The molecule has 1 aromatic carbocycles. The molecule has 1 aliphatic heterocycles. The van der Waals surface area contributed by atoms with Crippen LogP contribution in [0.3, 0.4) is 0 Å². The SMILES string of the molecule is COc1cc(Cl)ccc1O[C@@H](c1ccccn1)[C@@H]1CN(C(=O)OC(C)(C)C)CCO1. The quantitative estimate of drug-likeness (QED) is 0.690. The summed E-state index contributed by atoms with van der Waals surface area (Å²) in [5, 5.41) is 0.540. The van der Waals surface area contributed by atoms with Crippen molar-refractivity contribution in [3.8, 4) is 11.5 Å². The number of nitrogens with zero attached hydrogens (tertiary/aromatic N) is 2. The number of hydrogen-bond acceptors (Lipinski definition) is 6. The highest BCUT2D eigenvalue weighted by Gasteiger charge is 2.35. The maximum Gasteiger partial charge on any atom is 0.410 e. The highest BCUT2D eigenvalue weighted by Crippen LogP contribution is 2.35. The molecule has 0 bridgehead atoms. The fourth-order valence-electron chi connectivity index (χ4n) is 3.10. The molecular weight excluding hydrogens is 408 g/mol. The van der Waals surface area contributed by atoms with Gasteiger partial charge in [-0.25, -0.2) is 4.79 Å². The average molecular weight is 435 g/mol. The van der Waals surface area contributed by atoms with Gasteiger partial charge < -0.3 is 23.8 Å². The van der Waals surface area contributed by atoms with Gasteiger partial charge in [0.25, 0.3) is 0 Å². The molecule has 2 atom stereocenters. The molecule has 8 heteroatoms. The maximum atomic E-state index is 12.6. The molecule has 0 unspecified atom stereocenters. The highest BCUT2D eigenvalue weighted by molar-refractivity contribution is 6.30. The Bertz CT molecular complexity index is 856. The summed E-state index contributed by atoms with van der Waals surface area (Å²) in [6, 6.07) is 10.7. The lowest BCUT2D eigenvalue weighted by atomic mass is 10.1. The molecular formula is C22H27ClN2O5. The van der Waals surface area contributed by atoms with Crippen LogP contribution in [-0.2, 0) is 9.47 Å². The van der Waals surface area contributed by atoms with E-state index in [4.69, 9.17) is 30.5 Å². The van der Waals surface area contributed by atoms with Crippen LogP contribution in [0.25, 0.3) is 0 Å². The van der Waals surface area contributed by atoms with Gasteiger partial charge in [-0.1, -0.05) is 17.7 Å². The van der Waals surface area contributed by atoms with Crippen LogP contribution in [0.15, 0.2) is 42.6 Å². The van der Waals surface area contributed by atoms with Crippen LogP contribution in [0.2, 0.25) is 5.02 Å². The normalized spacial score (nSPS) is 17.9. The van der Waals surface area contributed by atoms with Crippen molar-refractivity contribution in [1.82, 2.24) is 9.88 Å². The molecule has 0 spiro atoms. The predicted octanol–water partition coefficient (Wildman–Crippen LogP) is 4.50. The van der Waals surface area contributed by atoms with Crippen molar-refractivity contribution in [2.24, 2.45) is 0 Å². The smallest absolute Gasteiger partial charge is 0.410 e. The minimum atomic E-state index is -0.571. The van der Waals surface area contributed by atoms with E-state index >= 15 is 0 Å². The third-order valence-electron chi connectivity index (χ3n) is 4.44. The number of morpholine rings is 1. The number of methoxy groups -OCH3 is 1. The second-order valence-corrected chi connectivity index (χ2v) is 8.36. The molecule has 0 N–H and O–H groups in total. The van der Waals surface area contributed by atoms with Crippen LogP contribution in [0.4, 0.5) is 4.79 Å². The number of hydrogen-bond donors (Lipinski definition) is 0. The summed E-state index contributed by atoms with van der Waals surface area (Å²) in [6.45, 7) is 6.66. The Kier molecular flexibility index (Phi) is 7.05. The summed E-state index contributed by atoms with van der Waals surface area (Å²) in [7, 11) is 1.55. The summed E-state index contributed by atoms with van der Waals surface area (Å²) in [5.41, 5.74) is 0.115. The van der Waals surface area contributed by atoms with E-state index in [0.717, 1.165) is 0 Å². The molecule has 0 saturated carbocycles. The Labute approximate surface area is 181 Å². The molecule has 1 aliphatic rings. The van der Waals surface area contributed by atoms with Gasteiger partial charge in [0.1, 0.15) is 11.7 Å². The van der Waals surface area contributed by atoms with E-state index in [1.807, 2.05) is 39.0 Å². The second-order valence-electron chi connectivity index (χ2n) is 7.92. The van der Waals surface area contributed by atoms with Crippen LogP contribution in [0.1, 0.15) is 32.6 Å². The summed E-state index contributed by atoms with van der Waals surface area (Å²) in [6.07, 6.45) is 0.312. The fourth-order valence-corrected chi connectivity index (χ4v) is 3.26. The van der Waals surface area contributed by atoms with Gasteiger partial charge in [0.15, 0.2) is 17.6 Å². The standard InChI is InChI=1S/C22H27ClN2O5/c1-22(2,3)30-21(26)25-11-12-28-19(14-25)20(16-7-5-6-10-24-16)29-17-9-8-15(23)13-18(17)27-4/h5-10,13,19-20H,11-12,14H2,1-4H3/t19-,20-/m0/s1. The van der Waals surface area contributed by atoms with Gasteiger partial charge >= 0.3 is 6.09 Å². The van der Waals surface area contributed by atoms with Crippen molar-refractivity contribution in [2.45, 2.75) is 38.6 Å². The first-order valence-electron chi connectivity index (χ1n) is 9.77. The van der Waals surface area contributed by atoms with E-state index in [9.17, 15) is 4.79 Å². The van der Waals surface area contributed by atoms with E-state index in [1.54, 1.807) is 36.4 Å². The van der Waals surface area contributed by atoms with Crippen LogP contribution in [-0.4, -0.2) is 54.5 Å². The zero-order valence-electron chi connectivity index (χ0n) is 17.6. The summed E-state index contributed by atoms with van der Waals surface area (Å²) in [5.74, 6) is 1.01. The molecule has 1 amide bonds. The third kappa shape index (κ3) is 5.77. The van der Waals surface area contributed by atoms with Crippen LogP contribution in [0.5, 0.6) is 11.5 Å². The number of carbonyl (C=O) groups is 1. The number of benzene rings is 1. The van der Waals surface area contributed by atoms with Gasteiger partial charge in [0, 0.05) is 23.8 Å². The van der Waals surface area contributed by atoms with E-state index in [2.05, 4.69) is 4.98 Å². The lowest BCUT2D eigenvalue weighted by molar-refractivity contribution is -0.0849. The zero-order valence-corrected chi connectivity index (χ0v) is 18.4. The van der Waals surface area contributed by atoms with Crippen LogP contribution < -0.4 is 9.47 Å². The molecule has 1 saturated heterocycles. The third-order valence-corrected chi connectivity index (χ3v) is 4.68. The Hall–Kier alpha value is -2.51. The minimum Gasteiger partial charge on any atom is -0.493 e. The van der Waals surface area contributed by atoms with E-state index in [1.165, 1.54) is 0 Å². The molecule has 162 valence electrons. The molecule has 1 aromatic heterocycles. The van der Waals surface area contributed by atoms with E-state index in [0.29, 0.717) is 41.9 Å². The number of ether oxygens (including phenoxy) is 4. The fraction of sp³-hybridized carbons (Fsp3) is 0.455. The van der Waals surface area contributed by atoms with Gasteiger partial charge in [-0.15, -0.1) is 0 Å². The maximum absolute atomic E-state index is 12.6. The first kappa shape index (κ1) is 22.2. The molecule has 0 radical (unpaired) electrons. The molecule has 2 aromatic rings. The molecule has 3 rings (SSSR count). The highest BCUT2D eigenvalue weighted by atomic mass is 35.5. The Balaban J connectivity index is 1.85. The minimum absolute atomic E-state index is 0.312. The zero-order chi connectivity index (χ0) is 21.7. The summed E-state index contributed by atoms with van der Waals surface area (Å²) >= 11 is 6.07. The lowest BCUT2D eigenvalue weighted by Crippen LogP contribution is -2.50. The molecule has 2 heterocycles. The van der Waals surface area contributed by atoms with Crippen LogP contribution in [0, 0.1) is 0 Å². The number of amides is 1. The molecule has 30 heavy (non-hydrogen) atoms. The van der Waals surface area contributed by atoms with E-state index < -0.39 is 17.8 Å². The van der Waals surface area contributed by atoms with Crippen LogP contribution >= 0.6 is 11.6 Å². The molecule has 0 aliphatic carbocycles. The summed E-state index contributed by atoms with van der Waals surface area (Å²) < 4.78 is 23.2. The van der Waals surface area contributed by atoms with Crippen molar-refractivity contribution in [1.29, 1.82) is 0 Å². The lowest BCUT2D eigenvalue weighted by Gasteiger charge is -2.37. The second kappa shape index (κ2) is 9.53. The average Bonchev–Trinajstić information content (AvgIpc) is 2.72. The molecule has 7 nitrogen and oxygen atoms in total. The van der Waals surface area contributed by atoms with Crippen molar-refractivity contribution < 1.29 is 23.7 Å². The first-order valence-corrected chi connectivity index (χ1v) is 10.2. The number of pyridine rings is 1. The Morgan fingerprint density at radius 2 is 2.07 bits per heavy atom. The van der Waals surface area contributed by atoms with Crippen molar-refractivity contribution in [3.63, 3.8) is 0 Å². The number of carbonyl (C=O) groups excluding carboxylic acids is 1. The van der Waals surface area contributed by atoms with Crippen molar-refractivity contribution in [2.75, 3.05) is 26.8 Å². The largest absolute Gasteiger partial charge is 0.493 e. The topological polar surface area (TPSA) is 70.1 Å². The van der Waals surface area contributed by atoms with E-state index in [-0.39, 0.29) is 6.09 Å². The number of halogens is 1. The van der Waals surface area contributed by atoms with Gasteiger partial charge in [-0.3, -0.25) is 4.98 Å². The van der Waals surface area contributed by atoms with Crippen molar-refractivity contribution in [3.05, 3.63) is 53.3 Å². The van der Waals surface area contributed by atoms with Crippen molar-refractivity contribution >= 4 is 17.7 Å². The van der Waals surface area contributed by atoms with Gasteiger partial charge in [-0.05, 0) is 45.0 Å². The molecule has 1 fully saturated rings. The summed E-state index contributed by atoms with van der Waals surface area (Å²) in [4.78, 5) is 18.7. The van der Waals surface area contributed by atoms with Gasteiger partial charge in [0.2, 0.25) is 0 Å². The Morgan fingerprint density at radius 1 is 1.27 bits per heavy atom. The monoisotopic (exact) mass is 434 g/mol. The number of rotatable bonds is 5. The number of aromatic nitrogens is 1. The first-order chi connectivity index (χ1) is 14.3. The predicted molar refractivity (Wildman–Crippen MR) is 113 cm³/mol. The van der Waals surface area contributed by atoms with Gasteiger partial charge in [0.05, 0.1) is 26.0 Å².